The fraction of sp³-hybridized carbons (Fsp3) is 0.308. The van der Waals surface area contributed by atoms with Crippen LogP contribution in [0.1, 0.15) is 30.2 Å². The number of nitrogens with zero attached hydrogens (tertiary/aromatic N) is 1. The summed E-state index contributed by atoms with van der Waals surface area (Å²) in [6.45, 7) is 2.02. The summed E-state index contributed by atoms with van der Waals surface area (Å²) < 4.78 is 5.49. The summed E-state index contributed by atoms with van der Waals surface area (Å²) in [5, 5.41) is 9.95. The van der Waals surface area contributed by atoms with E-state index in [1.807, 2.05) is 37.3 Å². The first kappa shape index (κ1) is 10.9. The van der Waals surface area contributed by atoms with E-state index in [0.29, 0.717) is 12.2 Å². The van der Waals surface area contributed by atoms with Crippen molar-refractivity contribution in [2.45, 2.75) is 25.9 Å². The van der Waals surface area contributed by atoms with E-state index in [2.05, 4.69) is 4.98 Å². The van der Waals surface area contributed by atoms with Crippen molar-refractivity contribution in [3.63, 3.8) is 0 Å². The largest absolute Gasteiger partial charge is 0.463 e. The lowest BCUT2D eigenvalue weighted by Gasteiger charge is -2.06. The highest BCUT2D eigenvalue weighted by atomic mass is 16.4. The predicted octanol–water partition coefficient (Wildman–Crippen LogP) is 2.51. The van der Waals surface area contributed by atoms with E-state index in [0.717, 1.165) is 17.9 Å². The molecule has 2 rings (SSSR count). The molecule has 2 aromatic heterocycles. The molecule has 0 radical (unpaired) electrons. The Hall–Kier alpha value is -1.61. The van der Waals surface area contributed by atoms with Gasteiger partial charge in [-0.25, -0.2) is 0 Å². The molecule has 2 aromatic rings. The SMILES string of the molecule is CCc1ccc(C(O)Cc2ccccn2)o1. The summed E-state index contributed by atoms with van der Waals surface area (Å²) in [7, 11) is 0. The van der Waals surface area contributed by atoms with Gasteiger partial charge in [0.2, 0.25) is 0 Å². The molecule has 0 saturated heterocycles. The second-order valence-electron chi connectivity index (χ2n) is 3.70. The Morgan fingerprint density at radius 1 is 1.31 bits per heavy atom. The third-order valence-electron chi connectivity index (χ3n) is 2.49. The normalized spacial score (nSPS) is 12.6. The van der Waals surface area contributed by atoms with Gasteiger partial charge in [-0.15, -0.1) is 0 Å². The third-order valence-corrected chi connectivity index (χ3v) is 2.49. The smallest absolute Gasteiger partial charge is 0.133 e. The molecule has 3 heteroatoms. The van der Waals surface area contributed by atoms with Crippen molar-refractivity contribution in [1.29, 1.82) is 0 Å². The van der Waals surface area contributed by atoms with Crippen LogP contribution in [-0.4, -0.2) is 10.1 Å². The van der Waals surface area contributed by atoms with Gasteiger partial charge in [0.15, 0.2) is 0 Å². The molecular weight excluding hydrogens is 202 g/mol. The summed E-state index contributed by atoms with van der Waals surface area (Å²) >= 11 is 0. The summed E-state index contributed by atoms with van der Waals surface area (Å²) in [5.41, 5.74) is 0.865. The molecule has 0 aromatic carbocycles. The number of pyridine rings is 1. The number of aliphatic hydroxyl groups excluding tert-OH is 1. The molecule has 0 aliphatic heterocycles. The molecule has 0 fully saturated rings. The highest BCUT2D eigenvalue weighted by molar-refractivity contribution is 5.12. The Balaban J connectivity index is 2.05. The molecule has 84 valence electrons. The minimum Gasteiger partial charge on any atom is -0.463 e. The van der Waals surface area contributed by atoms with Crippen LogP contribution < -0.4 is 0 Å². The van der Waals surface area contributed by atoms with Crippen LogP contribution in [0.4, 0.5) is 0 Å². The first-order valence-electron chi connectivity index (χ1n) is 5.46. The van der Waals surface area contributed by atoms with Crippen LogP contribution in [0.25, 0.3) is 0 Å². The summed E-state index contributed by atoms with van der Waals surface area (Å²) in [6.07, 6.45) is 2.44. The second-order valence-corrected chi connectivity index (χ2v) is 3.70. The van der Waals surface area contributed by atoms with Crippen LogP contribution in [0.5, 0.6) is 0 Å². The maximum absolute atomic E-state index is 9.95. The lowest BCUT2D eigenvalue weighted by atomic mass is 10.1. The summed E-state index contributed by atoms with van der Waals surface area (Å²) in [4.78, 5) is 4.17. The van der Waals surface area contributed by atoms with E-state index in [4.69, 9.17) is 4.42 Å². The standard InChI is InChI=1S/C13H15NO2/c1-2-11-6-7-13(16-11)12(15)9-10-5-3-4-8-14-10/h3-8,12,15H,2,9H2,1H3. The Kier molecular flexibility index (Phi) is 3.37. The molecule has 1 atom stereocenters. The zero-order chi connectivity index (χ0) is 11.4. The van der Waals surface area contributed by atoms with Gasteiger partial charge in [-0.1, -0.05) is 13.0 Å². The Labute approximate surface area is 94.8 Å². The summed E-state index contributed by atoms with van der Waals surface area (Å²) in [5.74, 6) is 1.51. The van der Waals surface area contributed by atoms with E-state index in [9.17, 15) is 5.11 Å². The predicted molar refractivity (Wildman–Crippen MR) is 61.0 cm³/mol. The number of aromatic nitrogens is 1. The first-order chi connectivity index (χ1) is 7.79. The molecule has 3 nitrogen and oxygen atoms in total. The summed E-state index contributed by atoms with van der Waals surface area (Å²) in [6, 6.07) is 9.39. The van der Waals surface area contributed by atoms with E-state index < -0.39 is 6.10 Å². The average Bonchev–Trinajstić information content (AvgIpc) is 2.79. The van der Waals surface area contributed by atoms with Crippen LogP contribution >= 0.6 is 0 Å². The lowest BCUT2D eigenvalue weighted by molar-refractivity contribution is 0.147. The van der Waals surface area contributed by atoms with Gasteiger partial charge in [-0.3, -0.25) is 4.98 Å². The van der Waals surface area contributed by atoms with E-state index in [1.54, 1.807) is 6.20 Å². The van der Waals surface area contributed by atoms with Crippen molar-refractivity contribution in [3.8, 4) is 0 Å². The number of hydrogen-bond donors (Lipinski definition) is 1. The van der Waals surface area contributed by atoms with E-state index in [-0.39, 0.29) is 0 Å². The fourth-order valence-electron chi connectivity index (χ4n) is 1.58. The number of furan rings is 1. The zero-order valence-corrected chi connectivity index (χ0v) is 9.26. The first-order valence-corrected chi connectivity index (χ1v) is 5.46. The van der Waals surface area contributed by atoms with Crippen molar-refractivity contribution in [2.24, 2.45) is 0 Å². The zero-order valence-electron chi connectivity index (χ0n) is 9.26. The highest BCUT2D eigenvalue weighted by Gasteiger charge is 2.13. The van der Waals surface area contributed by atoms with Crippen LogP contribution in [-0.2, 0) is 12.8 Å². The van der Waals surface area contributed by atoms with Gasteiger partial charge in [0.1, 0.15) is 17.6 Å². The van der Waals surface area contributed by atoms with Gasteiger partial charge in [0.05, 0.1) is 0 Å². The Morgan fingerprint density at radius 3 is 2.81 bits per heavy atom. The third kappa shape index (κ3) is 2.49. The molecule has 0 aliphatic rings. The minimum atomic E-state index is -0.616. The highest BCUT2D eigenvalue weighted by Crippen LogP contribution is 2.20. The topological polar surface area (TPSA) is 46.3 Å². The maximum Gasteiger partial charge on any atom is 0.133 e. The molecular formula is C13H15NO2. The van der Waals surface area contributed by atoms with Crippen LogP contribution in [0.2, 0.25) is 0 Å². The monoisotopic (exact) mass is 217 g/mol. The minimum absolute atomic E-state index is 0.484. The van der Waals surface area contributed by atoms with Gasteiger partial charge in [0, 0.05) is 24.7 Å². The van der Waals surface area contributed by atoms with Crippen molar-refractivity contribution in [1.82, 2.24) is 4.98 Å². The number of rotatable bonds is 4. The average molecular weight is 217 g/mol. The Bertz CT molecular complexity index is 436. The van der Waals surface area contributed by atoms with Gasteiger partial charge < -0.3 is 9.52 Å². The van der Waals surface area contributed by atoms with Crippen LogP contribution in [0.3, 0.4) is 0 Å². The Morgan fingerprint density at radius 2 is 2.19 bits per heavy atom. The molecule has 2 heterocycles. The number of hydrogen-bond acceptors (Lipinski definition) is 3. The van der Waals surface area contributed by atoms with Gasteiger partial charge >= 0.3 is 0 Å². The fourth-order valence-corrected chi connectivity index (χ4v) is 1.58. The molecule has 0 spiro atoms. The van der Waals surface area contributed by atoms with Gasteiger partial charge in [-0.2, -0.15) is 0 Å². The molecule has 1 unspecified atom stereocenters. The molecule has 16 heavy (non-hydrogen) atoms. The maximum atomic E-state index is 9.95. The van der Waals surface area contributed by atoms with Crippen molar-refractivity contribution in [3.05, 3.63) is 53.7 Å². The van der Waals surface area contributed by atoms with Crippen LogP contribution in [0.15, 0.2) is 40.9 Å². The second kappa shape index (κ2) is 4.94. The lowest BCUT2D eigenvalue weighted by Crippen LogP contribution is -2.01. The van der Waals surface area contributed by atoms with E-state index >= 15 is 0 Å². The van der Waals surface area contributed by atoms with E-state index in [1.165, 1.54) is 0 Å². The molecule has 0 saturated carbocycles. The van der Waals surface area contributed by atoms with Gasteiger partial charge in [-0.05, 0) is 24.3 Å². The molecule has 0 bridgehead atoms. The molecule has 0 amide bonds. The van der Waals surface area contributed by atoms with Gasteiger partial charge in [0.25, 0.3) is 0 Å². The molecule has 1 N–H and O–H groups in total. The number of aryl methyl sites for hydroxylation is 1. The van der Waals surface area contributed by atoms with Crippen molar-refractivity contribution < 1.29 is 9.52 Å². The van der Waals surface area contributed by atoms with Crippen molar-refractivity contribution >= 4 is 0 Å². The molecule has 0 aliphatic carbocycles. The quantitative estimate of drug-likeness (QED) is 0.855. The van der Waals surface area contributed by atoms with Crippen molar-refractivity contribution in [2.75, 3.05) is 0 Å². The van der Waals surface area contributed by atoms with Crippen LogP contribution in [0, 0.1) is 0 Å². The number of aliphatic hydroxyl groups is 1.